The van der Waals surface area contributed by atoms with E-state index in [1.807, 2.05) is 13.8 Å². The Labute approximate surface area is 415 Å². The van der Waals surface area contributed by atoms with Gasteiger partial charge in [-0.05, 0) is 78.5 Å². The van der Waals surface area contributed by atoms with Crippen LogP contribution in [0.2, 0.25) is 0 Å². The second kappa shape index (κ2) is 43.6. The minimum atomic E-state index is -0.981. The van der Waals surface area contributed by atoms with Gasteiger partial charge in [0.1, 0.15) is 11.6 Å². The van der Waals surface area contributed by atoms with Crippen molar-refractivity contribution in [3.63, 3.8) is 0 Å². The van der Waals surface area contributed by atoms with Crippen LogP contribution in [0.1, 0.15) is 99.8 Å². The van der Waals surface area contributed by atoms with Gasteiger partial charge in [-0.25, -0.2) is 9.59 Å². The quantitative estimate of drug-likeness (QED) is 0.0936. The number of nitrogens with zero attached hydrogens (tertiary/aromatic N) is 4. The molecule has 6 unspecified atom stereocenters. The van der Waals surface area contributed by atoms with Gasteiger partial charge in [-0.15, -0.1) is 5.06 Å². The minimum Gasteiger partial charge on any atom is -0.481 e. The van der Waals surface area contributed by atoms with Crippen LogP contribution < -0.4 is 11.1 Å². The van der Waals surface area contributed by atoms with Gasteiger partial charge in [0.15, 0.2) is 5.78 Å². The number of hydrogen-bond donors (Lipinski definition) is 4. The van der Waals surface area contributed by atoms with Gasteiger partial charge in [0, 0.05) is 104 Å². The number of allylic oxidation sites excluding steroid dienone is 1. The molecule has 1 rings (SSSR count). The summed E-state index contributed by atoms with van der Waals surface area (Å²) in [5, 5.41) is 19.8. The van der Waals surface area contributed by atoms with Gasteiger partial charge in [-0.3, -0.25) is 47.9 Å². The largest absolute Gasteiger partial charge is 0.481 e. The number of ketones is 3. The van der Waals surface area contributed by atoms with Gasteiger partial charge < -0.3 is 40.8 Å². The average molecular weight is 997 g/mol. The first-order chi connectivity index (χ1) is 32.3. The molecule has 21 heteroatoms. The molecule has 1 saturated heterocycles. The number of rotatable bonds is 21. The molecule has 400 valence electrons. The maximum absolute atomic E-state index is 12.2. The van der Waals surface area contributed by atoms with Crippen molar-refractivity contribution in [2.45, 2.75) is 99.8 Å². The van der Waals surface area contributed by atoms with Crippen LogP contribution >= 0.6 is 0 Å². The second-order valence-electron chi connectivity index (χ2n) is 16.0. The first-order valence-electron chi connectivity index (χ1n) is 22.3. The van der Waals surface area contributed by atoms with E-state index in [1.165, 1.54) is 54.7 Å². The molecule has 1 aliphatic rings. The summed E-state index contributed by atoms with van der Waals surface area (Å²) in [4.78, 5) is 140. The van der Waals surface area contributed by atoms with Crippen LogP contribution in [-0.2, 0) is 62.4 Å². The molecule has 70 heavy (non-hydrogen) atoms. The Morgan fingerprint density at radius 1 is 0.629 bits per heavy atom. The van der Waals surface area contributed by atoms with Crippen LogP contribution in [0.5, 0.6) is 0 Å². The van der Waals surface area contributed by atoms with Crippen LogP contribution in [0.4, 0.5) is 0 Å². The molecular formula is C49H84N6O15. The maximum atomic E-state index is 12.2. The van der Waals surface area contributed by atoms with E-state index in [9.17, 15) is 57.5 Å². The zero-order chi connectivity index (χ0) is 56.6. The average Bonchev–Trinajstić information content (AvgIpc) is 3.63. The van der Waals surface area contributed by atoms with Crippen molar-refractivity contribution in [1.82, 2.24) is 25.1 Å². The Morgan fingerprint density at radius 2 is 0.971 bits per heavy atom. The molecule has 0 spiro atoms. The number of carbonyl (C=O) groups is 12. The van der Waals surface area contributed by atoms with E-state index >= 15 is 0 Å². The molecule has 5 N–H and O–H groups in total. The second-order valence-corrected chi connectivity index (χ2v) is 16.0. The van der Waals surface area contributed by atoms with Crippen molar-refractivity contribution in [3.8, 4) is 0 Å². The van der Waals surface area contributed by atoms with Crippen LogP contribution in [0.3, 0.4) is 0 Å². The molecule has 6 atom stereocenters. The summed E-state index contributed by atoms with van der Waals surface area (Å²) in [7, 11) is 13.2. The zero-order valence-electron chi connectivity index (χ0n) is 44.3. The molecule has 6 amide bonds. The Kier molecular flexibility index (Phi) is 46.7. The van der Waals surface area contributed by atoms with E-state index in [0.717, 1.165) is 12.2 Å². The molecule has 0 aromatic rings. The van der Waals surface area contributed by atoms with Gasteiger partial charge >= 0.3 is 17.9 Å². The Hall–Kier alpha value is -6.64. The third kappa shape index (κ3) is 38.3. The summed E-state index contributed by atoms with van der Waals surface area (Å²) in [6.45, 7) is 24.4. The van der Waals surface area contributed by atoms with Crippen molar-refractivity contribution in [2.75, 3.05) is 56.4 Å². The first-order valence-corrected chi connectivity index (χ1v) is 22.3. The van der Waals surface area contributed by atoms with E-state index in [2.05, 4.69) is 42.2 Å². The van der Waals surface area contributed by atoms with Gasteiger partial charge in [0.05, 0.1) is 5.92 Å². The summed E-state index contributed by atoms with van der Waals surface area (Å²) in [5.41, 5.74) is 4.50. The van der Waals surface area contributed by atoms with Crippen molar-refractivity contribution in [2.24, 2.45) is 41.2 Å². The SMILES string of the molecule is C=CC(=O)N(C)C.C=CC(=O)O.C=CC(=O)ON1C(=O)CCC1=O.C=CC(C)=O.CCC(CC(CC(C)C(C)=O)C(=O)N(C)C)C(=O)NC.CCC(CC(CC(C)C(C)=O)C(=O)N(C)C)C(=O)O.CN. The predicted molar refractivity (Wildman–Crippen MR) is 267 cm³/mol. The highest BCUT2D eigenvalue weighted by atomic mass is 16.7. The lowest BCUT2D eigenvalue weighted by molar-refractivity contribution is -0.193. The highest BCUT2D eigenvalue weighted by molar-refractivity contribution is 6.02. The number of carboxylic acid groups (broad SMARTS) is 2. The number of likely N-dealkylation sites (N-methyl/N-ethyl adjacent to an activating group) is 1. The number of carboxylic acids is 2. The van der Waals surface area contributed by atoms with E-state index in [1.54, 1.807) is 63.2 Å². The molecule has 0 aromatic heterocycles. The highest BCUT2D eigenvalue weighted by Crippen LogP contribution is 2.26. The molecule has 0 radical (unpaired) electrons. The molecule has 21 nitrogen and oxygen atoms in total. The molecule has 0 bridgehead atoms. The van der Waals surface area contributed by atoms with E-state index in [-0.39, 0.29) is 77.5 Å². The predicted octanol–water partition coefficient (Wildman–Crippen LogP) is 3.91. The summed E-state index contributed by atoms with van der Waals surface area (Å²) < 4.78 is 0. The van der Waals surface area contributed by atoms with Gasteiger partial charge in [0.25, 0.3) is 11.8 Å². The number of Topliss-reactive ketones (excluding diaryl/α,β-unsaturated/α-hetero) is 2. The third-order valence-corrected chi connectivity index (χ3v) is 9.77. The summed E-state index contributed by atoms with van der Waals surface area (Å²) in [6, 6.07) is 0. The van der Waals surface area contributed by atoms with Crippen molar-refractivity contribution >= 4 is 70.7 Å². The molecular weight excluding hydrogens is 913 g/mol. The maximum Gasteiger partial charge on any atom is 0.356 e. The number of nitrogens with one attached hydrogen (secondary N) is 1. The number of aliphatic carboxylic acids is 2. The monoisotopic (exact) mass is 997 g/mol. The Bertz CT molecular complexity index is 1710. The number of amides is 6. The third-order valence-electron chi connectivity index (χ3n) is 9.77. The van der Waals surface area contributed by atoms with Crippen molar-refractivity contribution < 1.29 is 72.6 Å². The van der Waals surface area contributed by atoms with Gasteiger partial charge in [0.2, 0.25) is 23.6 Å². The van der Waals surface area contributed by atoms with Crippen LogP contribution in [-0.4, -0.2) is 157 Å². The van der Waals surface area contributed by atoms with Gasteiger partial charge in [-0.1, -0.05) is 54.0 Å². The molecule has 1 aliphatic heterocycles. The standard InChI is InChI=1S/C15H28N2O3.C14H25NO4.C7H7NO4.C5H9NO.C4H6O.C3H4O2.CH5N/c1-7-12(14(19)16-4)9-13(15(20)17(5)6)8-10(2)11(3)18;1-6-11(14(18)19)8-12(13(17)15(4)5)7-9(2)10(3)16;1-2-7(11)12-8-5(9)3-4-6(8)10;1-4-5(7)6(2)3;1-3-4(2)5;1-2-3(4)5;1-2/h10,12-13H,7-9H2,1-6H3,(H,16,19);9,11-12H,6-8H2,1-5H3,(H,18,19);2H,1,3-4H2;4H,1H2,2-3H3;3H,1H2,2H3;2H,1H2,(H,4,5);2H2,1H3. The normalized spacial score (nSPS) is 13.1. The van der Waals surface area contributed by atoms with Crippen LogP contribution in [0.15, 0.2) is 50.6 Å². The van der Waals surface area contributed by atoms with E-state index in [0.29, 0.717) is 43.6 Å². The smallest absolute Gasteiger partial charge is 0.356 e. The van der Waals surface area contributed by atoms with E-state index in [4.69, 9.17) is 10.2 Å². The van der Waals surface area contributed by atoms with Crippen molar-refractivity contribution in [3.05, 3.63) is 50.6 Å². The molecule has 1 fully saturated rings. The van der Waals surface area contributed by atoms with E-state index < -0.39 is 41.6 Å². The zero-order valence-corrected chi connectivity index (χ0v) is 44.3. The minimum absolute atomic E-state index is 0.0135. The molecule has 0 aliphatic carbocycles. The number of carbonyl (C=O) groups excluding carboxylic acids is 10. The van der Waals surface area contributed by atoms with Gasteiger partial charge in [-0.2, -0.15) is 0 Å². The highest BCUT2D eigenvalue weighted by Gasteiger charge is 2.33. The fraction of sp³-hybridized carbons (Fsp3) is 0.592. The molecule has 0 aromatic carbocycles. The number of imide groups is 1. The fourth-order valence-corrected chi connectivity index (χ4v) is 5.27. The lowest BCUT2D eigenvalue weighted by Crippen LogP contribution is -2.36. The van der Waals surface area contributed by atoms with Crippen LogP contribution in [0.25, 0.3) is 0 Å². The molecule has 0 saturated carbocycles. The lowest BCUT2D eigenvalue weighted by Gasteiger charge is -2.25. The molecule has 1 heterocycles. The number of hydrogen-bond acceptors (Lipinski definition) is 14. The summed E-state index contributed by atoms with van der Waals surface area (Å²) >= 11 is 0. The summed E-state index contributed by atoms with van der Waals surface area (Å²) in [5.74, 6) is -5.54. The lowest BCUT2D eigenvalue weighted by atomic mass is 9.84. The van der Waals surface area contributed by atoms with Crippen molar-refractivity contribution in [1.29, 1.82) is 0 Å². The first kappa shape index (κ1) is 74.9. The Morgan fingerprint density at radius 3 is 1.17 bits per heavy atom. The Balaban J connectivity index is -0.000000188. The topological polar surface area (TPSA) is 306 Å². The van der Waals surface area contributed by atoms with Crippen LogP contribution in [0, 0.1) is 35.5 Å². The number of hydroxylamine groups is 2. The summed E-state index contributed by atoms with van der Waals surface area (Å²) in [6.07, 6.45) is 7.35. The fourth-order valence-electron chi connectivity index (χ4n) is 5.27. The number of nitrogens with two attached hydrogens (primary N) is 1.